The molecule has 0 bridgehead atoms. The molecule has 0 aliphatic rings. The van der Waals surface area contributed by atoms with Crippen LogP contribution in [0.2, 0.25) is 0 Å². The number of rotatable bonds is 8. The number of carbonyl (C=O) groups is 2. The molecule has 0 saturated heterocycles. The van der Waals surface area contributed by atoms with E-state index in [0.29, 0.717) is 23.3 Å². The summed E-state index contributed by atoms with van der Waals surface area (Å²) in [7, 11) is 5.15. The highest BCUT2D eigenvalue weighted by Crippen LogP contribution is 2.18. The Kier molecular flexibility index (Phi) is 7.19. The molecule has 0 aliphatic carbocycles. The predicted molar refractivity (Wildman–Crippen MR) is 85.6 cm³/mol. The smallest absolute Gasteiger partial charge is 0.326 e. The fourth-order valence-corrected chi connectivity index (χ4v) is 1.98. The van der Waals surface area contributed by atoms with E-state index >= 15 is 0 Å². The quantitative estimate of drug-likeness (QED) is 0.684. The van der Waals surface area contributed by atoms with Gasteiger partial charge in [-0.25, -0.2) is 14.8 Å². The van der Waals surface area contributed by atoms with Crippen LogP contribution in [-0.2, 0) is 9.59 Å². The molecular formula is C13H20BrN5O3. The topological polar surface area (TPSA) is 98.7 Å². The van der Waals surface area contributed by atoms with Crippen LogP contribution in [0.25, 0.3) is 0 Å². The van der Waals surface area contributed by atoms with Crippen LogP contribution in [0, 0.1) is 0 Å². The minimum absolute atomic E-state index is 0.0270. The lowest BCUT2D eigenvalue weighted by Gasteiger charge is -2.21. The molecule has 1 atom stereocenters. The fraction of sp³-hybridized carbons (Fsp3) is 0.538. The number of amides is 1. The number of likely N-dealkylation sites (N-methyl/N-ethyl adjacent to an activating group) is 2. The molecule has 122 valence electrons. The number of halogens is 1. The zero-order valence-electron chi connectivity index (χ0n) is 12.8. The van der Waals surface area contributed by atoms with E-state index in [1.165, 1.54) is 17.4 Å². The van der Waals surface area contributed by atoms with E-state index in [9.17, 15) is 14.7 Å². The summed E-state index contributed by atoms with van der Waals surface area (Å²) in [6.07, 6.45) is 3.22. The third-order valence-electron chi connectivity index (χ3n) is 2.98. The zero-order valence-corrected chi connectivity index (χ0v) is 14.4. The standard InChI is InChI=1S/C13H20BrN5O3/c1-18(2)11(20)7-19(3)5-4-10(13(21)22)17-12-9(14)6-15-8-16-12/h6,8,10H,4-5,7H2,1-3H3,(H,21,22)(H,15,16,17)/t10-/m0/s1. The lowest BCUT2D eigenvalue weighted by atomic mass is 10.2. The number of aliphatic carboxylic acids is 1. The first-order chi connectivity index (χ1) is 10.3. The number of hydrogen-bond acceptors (Lipinski definition) is 6. The van der Waals surface area contributed by atoms with Crippen molar-refractivity contribution in [2.75, 3.05) is 39.5 Å². The molecule has 0 radical (unpaired) electrons. The number of carboxylic acid groups (broad SMARTS) is 1. The van der Waals surface area contributed by atoms with Gasteiger partial charge in [-0.15, -0.1) is 0 Å². The number of aromatic nitrogens is 2. The van der Waals surface area contributed by atoms with Gasteiger partial charge in [0.1, 0.15) is 18.2 Å². The van der Waals surface area contributed by atoms with Crippen molar-refractivity contribution in [1.82, 2.24) is 19.8 Å². The van der Waals surface area contributed by atoms with E-state index in [1.54, 1.807) is 26.0 Å². The van der Waals surface area contributed by atoms with Gasteiger partial charge in [-0.05, 0) is 29.4 Å². The first-order valence-corrected chi connectivity index (χ1v) is 7.44. The van der Waals surface area contributed by atoms with Crippen molar-refractivity contribution in [3.63, 3.8) is 0 Å². The van der Waals surface area contributed by atoms with E-state index in [4.69, 9.17) is 0 Å². The Labute approximate surface area is 137 Å². The van der Waals surface area contributed by atoms with Crippen LogP contribution in [0.5, 0.6) is 0 Å². The number of anilines is 1. The molecule has 22 heavy (non-hydrogen) atoms. The number of carbonyl (C=O) groups excluding carboxylic acids is 1. The molecule has 0 aliphatic heterocycles. The molecule has 1 amide bonds. The number of hydrogen-bond donors (Lipinski definition) is 2. The van der Waals surface area contributed by atoms with Gasteiger partial charge in [0.25, 0.3) is 0 Å². The monoisotopic (exact) mass is 373 g/mol. The summed E-state index contributed by atoms with van der Waals surface area (Å²) < 4.78 is 0.595. The lowest BCUT2D eigenvalue weighted by Crippen LogP contribution is -2.38. The SMILES string of the molecule is CN(CC[C@H](Nc1ncncc1Br)C(=O)O)CC(=O)N(C)C. The molecule has 8 nitrogen and oxygen atoms in total. The van der Waals surface area contributed by atoms with Crippen LogP contribution >= 0.6 is 15.9 Å². The molecule has 1 aromatic rings. The Balaban J connectivity index is 2.57. The summed E-state index contributed by atoms with van der Waals surface area (Å²) in [6.45, 7) is 0.711. The van der Waals surface area contributed by atoms with E-state index in [0.717, 1.165) is 0 Å². The molecule has 1 aromatic heterocycles. The molecule has 2 N–H and O–H groups in total. The first kappa shape index (κ1) is 18.3. The fourth-order valence-electron chi connectivity index (χ4n) is 1.64. The van der Waals surface area contributed by atoms with E-state index in [-0.39, 0.29) is 12.5 Å². The molecule has 0 saturated carbocycles. The number of nitrogens with one attached hydrogen (secondary N) is 1. The second kappa shape index (κ2) is 8.64. The molecular weight excluding hydrogens is 354 g/mol. The number of carboxylic acids is 1. The Hall–Kier alpha value is -1.74. The minimum Gasteiger partial charge on any atom is -0.480 e. The first-order valence-electron chi connectivity index (χ1n) is 6.64. The lowest BCUT2D eigenvalue weighted by molar-refractivity contribution is -0.138. The van der Waals surface area contributed by atoms with Crippen molar-refractivity contribution in [2.24, 2.45) is 0 Å². The summed E-state index contributed by atoms with van der Waals surface area (Å²) in [5, 5.41) is 12.2. The Morgan fingerprint density at radius 1 is 1.41 bits per heavy atom. The van der Waals surface area contributed by atoms with Gasteiger partial charge in [0, 0.05) is 26.8 Å². The second-order valence-corrected chi connectivity index (χ2v) is 5.92. The maximum atomic E-state index is 11.6. The third-order valence-corrected chi connectivity index (χ3v) is 3.56. The highest BCUT2D eigenvalue weighted by molar-refractivity contribution is 9.10. The van der Waals surface area contributed by atoms with Gasteiger partial charge in [-0.3, -0.25) is 9.69 Å². The van der Waals surface area contributed by atoms with E-state index in [1.807, 2.05) is 0 Å². The largest absolute Gasteiger partial charge is 0.480 e. The average molecular weight is 374 g/mol. The Morgan fingerprint density at radius 3 is 2.64 bits per heavy atom. The summed E-state index contributed by atoms with van der Waals surface area (Å²) in [5.74, 6) is -0.576. The molecule has 0 unspecified atom stereocenters. The van der Waals surface area contributed by atoms with Gasteiger partial charge >= 0.3 is 5.97 Å². The van der Waals surface area contributed by atoms with Gasteiger partial charge in [0.05, 0.1) is 11.0 Å². The van der Waals surface area contributed by atoms with Crippen molar-refractivity contribution in [3.8, 4) is 0 Å². The van der Waals surface area contributed by atoms with Crippen LogP contribution in [-0.4, -0.2) is 77.0 Å². The van der Waals surface area contributed by atoms with Crippen LogP contribution in [0.3, 0.4) is 0 Å². The van der Waals surface area contributed by atoms with Crippen molar-refractivity contribution in [3.05, 3.63) is 17.0 Å². The minimum atomic E-state index is -0.974. The van der Waals surface area contributed by atoms with Crippen molar-refractivity contribution < 1.29 is 14.7 Å². The molecule has 0 fully saturated rings. The summed E-state index contributed by atoms with van der Waals surface area (Å²) >= 11 is 3.26. The van der Waals surface area contributed by atoms with Crippen molar-refractivity contribution >= 4 is 33.6 Å². The van der Waals surface area contributed by atoms with Crippen LogP contribution in [0.4, 0.5) is 5.82 Å². The predicted octanol–water partition coefficient (Wildman–Crippen LogP) is 0.514. The zero-order chi connectivity index (χ0) is 16.7. The summed E-state index contributed by atoms with van der Waals surface area (Å²) in [4.78, 5) is 34.0. The molecule has 0 spiro atoms. The van der Waals surface area contributed by atoms with Gasteiger partial charge in [-0.1, -0.05) is 0 Å². The molecule has 0 aromatic carbocycles. The highest BCUT2D eigenvalue weighted by atomic mass is 79.9. The normalized spacial score (nSPS) is 12.0. The van der Waals surface area contributed by atoms with Crippen LogP contribution in [0.15, 0.2) is 17.0 Å². The van der Waals surface area contributed by atoms with Gasteiger partial charge in [0.15, 0.2) is 0 Å². The Bertz CT molecular complexity index is 526. The second-order valence-electron chi connectivity index (χ2n) is 5.07. The summed E-state index contributed by atoms with van der Waals surface area (Å²) in [6, 6.07) is -0.803. The van der Waals surface area contributed by atoms with Crippen molar-refractivity contribution in [1.29, 1.82) is 0 Å². The van der Waals surface area contributed by atoms with Gasteiger partial charge in [0.2, 0.25) is 5.91 Å². The van der Waals surface area contributed by atoms with E-state index < -0.39 is 12.0 Å². The third kappa shape index (κ3) is 5.94. The van der Waals surface area contributed by atoms with Crippen molar-refractivity contribution in [2.45, 2.75) is 12.5 Å². The Morgan fingerprint density at radius 2 is 2.09 bits per heavy atom. The van der Waals surface area contributed by atoms with Crippen LogP contribution in [0.1, 0.15) is 6.42 Å². The highest BCUT2D eigenvalue weighted by Gasteiger charge is 2.20. The van der Waals surface area contributed by atoms with E-state index in [2.05, 4.69) is 31.2 Å². The average Bonchev–Trinajstić information content (AvgIpc) is 2.44. The van der Waals surface area contributed by atoms with Gasteiger partial charge in [-0.2, -0.15) is 0 Å². The molecule has 1 heterocycles. The molecule has 9 heteroatoms. The van der Waals surface area contributed by atoms with Gasteiger partial charge < -0.3 is 15.3 Å². The summed E-state index contributed by atoms with van der Waals surface area (Å²) in [5.41, 5.74) is 0. The number of nitrogens with zero attached hydrogens (tertiary/aromatic N) is 4. The molecule has 1 rings (SSSR count). The maximum Gasteiger partial charge on any atom is 0.326 e. The van der Waals surface area contributed by atoms with Crippen LogP contribution < -0.4 is 5.32 Å². The maximum absolute atomic E-state index is 11.6.